The van der Waals surface area contributed by atoms with Crippen LogP contribution < -0.4 is 10.1 Å². The second-order valence-corrected chi connectivity index (χ2v) is 3.80. The van der Waals surface area contributed by atoms with Crippen LogP contribution in [0, 0.1) is 6.92 Å². The molecule has 0 unspecified atom stereocenters. The lowest BCUT2D eigenvalue weighted by molar-refractivity contribution is 0.344. The number of anilines is 1. The summed E-state index contributed by atoms with van der Waals surface area (Å²) in [7, 11) is 0. The van der Waals surface area contributed by atoms with Crippen molar-refractivity contribution < 1.29 is 4.74 Å². The zero-order valence-electron chi connectivity index (χ0n) is 10.9. The Morgan fingerprint density at radius 3 is 2.71 bits per heavy atom. The summed E-state index contributed by atoms with van der Waals surface area (Å²) in [6, 6.07) is 0. The predicted molar refractivity (Wildman–Crippen MR) is 70.6 cm³/mol. The zero-order chi connectivity index (χ0) is 12.7. The molecule has 0 saturated carbocycles. The van der Waals surface area contributed by atoms with Crippen molar-refractivity contribution in [1.29, 1.82) is 0 Å². The molecule has 0 aliphatic carbocycles. The molecule has 0 saturated heterocycles. The normalized spacial score (nSPS) is 10.1. The van der Waals surface area contributed by atoms with Gasteiger partial charge >= 0.3 is 0 Å². The van der Waals surface area contributed by atoms with Gasteiger partial charge in [-0.25, -0.2) is 4.98 Å². The second kappa shape index (κ2) is 6.89. The van der Waals surface area contributed by atoms with Crippen LogP contribution in [0.5, 0.6) is 5.88 Å². The van der Waals surface area contributed by atoms with Gasteiger partial charge in [-0.15, -0.1) is 0 Å². The highest BCUT2D eigenvalue weighted by molar-refractivity contribution is 5.48. The van der Waals surface area contributed by atoms with Crippen molar-refractivity contribution in [3.05, 3.63) is 24.0 Å². The van der Waals surface area contributed by atoms with Gasteiger partial charge in [0.25, 0.3) is 0 Å². The molecule has 0 aliphatic rings. The fourth-order valence-corrected chi connectivity index (χ4v) is 1.39. The molecule has 0 fully saturated rings. The molecular formula is C13H21N3O. The highest BCUT2D eigenvalue weighted by Crippen LogP contribution is 2.22. The van der Waals surface area contributed by atoms with E-state index in [0.29, 0.717) is 12.5 Å². The highest BCUT2D eigenvalue weighted by atomic mass is 16.5. The largest absolute Gasteiger partial charge is 0.473 e. The summed E-state index contributed by atoms with van der Waals surface area (Å²) in [5.41, 5.74) is 0.956. The Balaban J connectivity index is 2.97. The van der Waals surface area contributed by atoms with E-state index in [1.54, 1.807) is 6.08 Å². The highest BCUT2D eigenvalue weighted by Gasteiger charge is 2.10. The van der Waals surface area contributed by atoms with Crippen LogP contribution >= 0.6 is 0 Å². The fourth-order valence-electron chi connectivity index (χ4n) is 1.39. The first-order chi connectivity index (χ1) is 8.22. The SMILES string of the molecule is C=CCOc1nc(CC)nc(NCCC)c1C. The summed E-state index contributed by atoms with van der Waals surface area (Å²) in [4.78, 5) is 8.84. The van der Waals surface area contributed by atoms with Crippen LogP contribution in [0.25, 0.3) is 0 Å². The molecule has 4 nitrogen and oxygen atoms in total. The smallest absolute Gasteiger partial charge is 0.222 e. The summed E-state index contributed by atoms with van der Waals surface area (Å²) in [5.74, 6) is 2.32. The third kappa shape index (κ3) is 3.73. The van der Waals surface area contributed by atoms with Crippen molar-refractivity contribution in [3.8, 4) is 5.88 Å². The number of nitrogens with one attached hydrogen (secondary N) is 1. The number of ether oxygens (including phenoxy) is 1. The Hall–Kier alpha value is -1.58. The number of aromatic nitrogens is 2. The third-order valence-corrected chi connectivity index (χ3v) is 2.34. The lowest BCUT2D eigenvalue weighted by Crippen LogP contribution is -2.09. The minimum atomic E-state index is 0.466. The maximum atomic E-state index is 5.54. The summed E-state index contributed by atoms with van der Waals surface area (Å²) in [6.45, 7) is 11.1. The van der Waals surface area contributed by atoms with Gasteiger partial charge in [-0.1, -0.05) is 26.5 Å². The van der Waals surface area contributed by atoms with Crippen molar-refractivity contribution in [2.45, 2.75) is 33.6 Å². The van der Waals surface area contributed by atoms with Crippen molar-refractivity contribution in [1.82, 2.24) is 9.97 Å². The molecule has 0 aromatic carbocycles. The average molecular weight is 235 g/mol. The van der Waals surface area contributed by atoms with Crippen molar-refractivity contribution in [2.75, 3.05) is 18.5 Å². The minimum absolute atomic E-state index is 0.466. The van der Waals surface area contributed by atoms with E-state index in [9.17, 15) is 0 Å². The molecule has 0 amide bonds. The van der Waals surface area contributed by atoms with Gasteiger partial charge in [0.05, 0.1) is 5.56 Å². The van der Waals surface area contributed by atoms with Crippen molar-refractivity contribution >= 4 is 5.82 Å². The van der Waals surface area contributed by atoms with Gasteiger partial charge < -0.3 is 10.1 Å². The van der Waals surface area contributed by atoms with E-state index in [4.69, 9.17) is 4.74 Å². The second-order valence-electron chi connectivity index (χ2n) is 3.80. The molecule has 1 aromatic rings. The molecule has 4 heteroatoms. The van der Waals surface area contributed by atoms with Gasteiger partial charge in [0.2, 0.25) is 5.88 Å². The van der Waals surface area contributed by atoms with Crippen molar-refractivity contribution in [3.63, 3.8) is 0 Å². The summed E-state index contributed by atoms with van der Waals surface area (Å²) in [6.07, 6.45) is 3.57. The monoisotopic (exact) mass is 235 g/mol. The Morgan fingerprint density at radius 1 is 1.35 bits per heavy atom. The molecular weight excluding hydrogens is 214 g/mol. The van der Waals surface area contributed by atoms with E-state index < -0.39 is 0 Å². The summed E-state index contributed by atoms with van der Waals surface area (Å²) >= 11 is 0. The molecule has 0 aliphatic heterocycles. The Labute approximate surface area is 103 Å². The first-order valence-corrected chi connectivity index (χ1v) is 6.08. The number of rotatable bonds is 7. The standard InChI is InChI=1S/C13H21N3O/c1-5-8-14-12-10(4)13(17-9-6-2)16-11(7-3)15-12/h6H,2,5,7-9H2,1,3-4H3,(H,14,15,16). The molecule has 0 spiro atoms. The van der Waals surface area contributed by atoms with Crippen LogP contribution in [0.1, 0.15) is 31.7 Å². The number of aryl methyl sites for hydroxylation is 1. The van der Waals surface area contributed by atoms with E-state index in [1.165, 1.54) is 0 Å². The number of hydrogen-bond acceptors (Lipinski definition) is 4. The molecule has 0 radical (unpaired) electrons. The van der Waals surface area contributed by atoms with Gasteiger partial charge in [0.1, 0.15) is 18.2 Å². The van der Waals surface area contributed by atoms with Crippen LogP contribution in [-0.2, 0) is 6.42 Å². The molecule has 17 heavy (non-hydrogen) atoms. The quantitative estimate of drug-likeness (QED) is 0.738. The first kappa shape index (κ1) is 13.5. The van der Waals surface area contributed by atoms with E-state index in [-0.39, 0.29) is 0 Å². The lowest BCUT2D eigenvalue weighted by atomic mass is 10.3. The van der Waals surface area contributed by atoms with Crippen molar-refractivity contribution in [2.24, 2.45) is 0 Å². The van der Waals surface area contributed by atoms with E-state index in [1.807, 2.05) is 13.8 Å². The molecule has 1 heterocycles. The van der Waals surface area contributed by atoms with Gasteiger partial charge in [0, 0.05) is 13.0 Å². The topological polar surface area (TPSA) is 47.0 Å². The molecule has 1 aromatic heterocycles. The maximum Gasteiger partial charge on any atom is 0.222 e. The number of nitrogens with zero attached hydrogens (tertiary/aromatic N) is 2. The van der Waals surface area contributed by atoms with E-state index >= 15 is 0 Å². The van der Waals surface area contributed by atoms with Crippen LogP contribution in [-0.4, -0.2) is 23.1 Å². The van der Waals surface area contributed by atoms with E-state index in [0.717, 1.165) is 36.6 Å². The van der Waals surface area contributed by atoms with Gasteiger partial charge in [0.15, 0.2) is 0 Å². The van der Waals surface area contributed by atoms with Crippen LogP contribution in [0.2, 0.25) is 0 Å². The molecule has 0 bridgehead atoms. The lowest BCUT2D eigenvalue weighted by Gasteiger charge is -2.13. The third-order valence-electron chi connectivity index (χ3n) is 2.34. The van der Waals surface area contributed by atoms with Crippen LogP contribution in [0.4, 0.5) is 5.82 Å². The Morgan fingerprint density at radius 2 is 2.12 bits per heavy atom. The average Bonchev–Trinajstić information content (AvgIpc) is 2.36. The Bertz CT molecular complexity index is 377. The summed E-state index contributed by atoms with van der Waals surface area (Å²) < 4.78 is 5.54. The molecule has 94 valence electrons. The first-order valence-electron chi connectivity index (χ1n) is 6.08. The molecule has 0 atom stereocenters. The minimum Gasteiger partial charge on any atom is -0.473 e. The predicted octanol–water partition coefficient (Wildman–Crippen LogP) is 2.73. The van der Waals surface area contributed by atoms with E-state index in [2.05, 4.69) is 28.8 Å². The molecule has 1 rings (SSSR count). The number of hydrogen-bond donors (Lipinski definition) is 1. The van der Waals surface area contributed by atoms with Gasteiger partial charge in [-0.05, 0) is 13.3 Å². The van der Waals surface area contributed by atoms with Crippen LogP contribution in [0.3, 0.4) is 0 Å². The van der Waals surface area contributed by atoms with Gasteiger partial charge in [-0.3, -0.25) is 0 Å². The Kier molecular flexibility index (Phi) is 5.46. The maximum absolute atomic E-state index is 5.54. The van der Waals surface area contributed by atoms with Gasteiger partial charge in [-0.2, -0.15) is 4.98 Å². The summed E-state index contributed by atoms with van der Waals surface area (Å²) in [5, 5.41) is 3.30. The molecule has 1 N–H and O–H groups in total. The zero-order valence-corrected chi connectivity index (χ0v) is 10.9. The fraction of sp³-hybridized carbons (Fsp3) is 0.538. The van der Waals surface area contributed by atoms with Crippen LogP contribution in [0.15, 0.2) is 12.7 Å².